The summed E-state index contributed by atoms with van der Waals surface area (Å²) >= 11 is 22.7. The van der Waals surface area contributed by atoms with Crippen LogP contribution >= 0.6 is 50.7 Å². The Morgan fingerprint density at radius 3 is 2.62 bits per heavy atom. The number of ether oxygens (including phenoxy) is 2. The Morgan fingerprint density at radius 2 is 1.81 bits per heavy atom. The van der Waals surface area contributed by atoms with Crippen LogP contribution in [0.1, 0.15) is 11.1 Å². The molecule has 0 atom stereocenters. The third kappa shape index (κ3) is 5.39. The first-order valence-electron chi connectivity index (χ1n) is 12.5. The molecule has 0 bridgehead atoms. The van der Waals surface area contributed by atoms with Crippen LogP contribution in [-0.2, 0) is 6.61 Å². The predicted octanol–water partition coefficient (Wildman–Crippen LogP) is 9.00. The summed E-state index contributed by atoms with van der Waals surface area (Å²) < 4.78 is 19.3. The second-order valence-electron chi connectivity index (χ2n) is 9.11. The molecule has 0 N–H and O–H groups in total. The van der Waals surface area contributed by atoms with Gasteiger partial charge in [-0.1, -0.05) is 65.1 Å². The first-order valence-corrected chi connectivity index (χ1v) is 14.4. The minimum Gasteiger partial charge on any atom is -0.493 e. The molecule has 4 aromatic carbocycles. The third-order valence-corrected chi connectivity index (χ3v) is 8.52. The van der Waals surface area contributed by atoms with Crippen LogP contribution in [0, 0.1) is 0 Å². The number of furan rings is 1. The van der Waals surface area contributed by atoms with E-state index in [2.05, 4.69) is 21.0 Å². The normalized spacial score (nSPS) is 11.5. The van der Waals surface area contributed by atoms with E-state index < -0.39 is 0 Å². The Labute approximate surface area is 263 Å². The number of para-hydroxylation sites is 1. The largest absolute Gasteiger partial charge is 0.493 e. The minimum atomic E-state index is -0.376. The number of rotatable bonds is 7. The minimum absolute atomic E-state index is 0.180. The van der Waals surface area contributed by atoms with Gasteiger partial charge in [0.1, 0.15) is 17.2 Å². The molecule has 0 radical (unpaired) electrons. The highest BCUT2D eigenvalue weighted by Gasteiger charge is 2.19. The molecule has 0 aliphatic carbocycles. The topological polar surface area (TPSA) is 78.9 Å². The van der Waals surface area contributed by atoms with E-state index in [1.165, 1.54) is 18.0 Å². The van der Waals surface area contributed by atoms with E-state index in [1.54, 1.807) is 54.6 Å². The van der Waals surface area contributed by atoms with Gasteiger partial charge in [-0.05, 0) is 64.5 Å². The van der Waals surface area contributed by atoms with Gasteiger partial charge in [0.05, 0.1) is 24.2 Å². The molecule has 2 heterocycles. The summed E-state index contributed by atoms with van der Waals surface area (Å²) in [6.07, 6.45) is 1.48. The van der Waals surface area contributed by atoms with Crippen molar-refractivity contribution >= 4 is 78.8 Å². The summed E-state index contributed by atoms with van der Waals surface area (Å²) in [5, 5.41) is 7.10. The molecule has 11 heteroatoms. The maximum absolute atomic E-state index is 13.6. The number of benzene rings is 4. The van der Waals surface area contributed by atoms with Crippen molar-refractivity contribution in [1.29, 1.82) is 0 Å². The van der Waals surface area contributed by atoms with Gasteiger partial charge in [0.2, 0.25) is 5.82 Å². The van der Waals surface area contributed by atoms with Crippen molar-refractivity contribution in [3.63, 3.8) is 0 Å². The monoisotopic (exact) mass is 681 g/mol. The van der Waals surface area contributed by atoms with E-state index in [0.717, 1.165) is 10.9 Å². The van der Waals surface area contributed by atoms with E-state index >= 15 is 0 Å². The summed E-state index contributed by atoms with van der Waals surface area (Å²) in [7, 11) is 1.51. The van der Waals surface area contributed by atoms with Crippen LogP contribution in [0.4, 0.5) is 0 Å². The smallest absolute Gasteiger partial charge is 0.282 e. The Kier molecular flexibility index (Phi) is 7.96. The lowest BCUT2D eigenvalue weighted by Crippen LogP contribution is -2.20. The highest BCUT2D eigenvalue weighted by Crippen LogP contribution is 2.42. The zero-order valence-corrected chi connectivity index (χ0v) is 25.6. The molecule has 0 aliphatic rings. The number of hydrogen-bond donors (Lipinski definition) is 0. The molecule has 0 amide bonds. The van der Waals surface area contributed by atoms with Crippen LogP contribution in [0.25, 0.3) is 33.5 Å². The SMILES string of the molecule is COc1cc(C=Nn2c(-c3cc4cc(Cl)ccc4o3)nc3ccccc3c2=O)c(Br)c(Cl)c1OCc1ccccc1Cl. The van der Waals surface area contributed by atoms with E-state index in [-0.39, 0.29) is 23.0 Å². The van der Waals surface area contributed by atoms with Crippen molar-refractivity contribution < 1.29 is 13.9 Å². The van der Waals surface area contributed by atoms with E-state index in [1.807, 2.05) is 24.3 Å². The zero-order valence-electron chi connectivity index (χ0n) is 21.8. The van der Waals surface area contributed by atoms with Crippen LogP contribution < -0.4 is 15.0 Å². The number of hydrogen-bond acceptors (Lipinski definition) is 6. The van der Waals surface area contributed by atoms with Crippen LogP contribution in [0.3, 0.4) is 0 Å². The average Bonchev–Trinajstić information content (AvgIpc) is 3.42. The lowest BCUT2D eigenvalue weighted by Gasteiger charge is -2.15. The number of methoxy groups -OCH3 is 1. The summed E-state index contributed by atoms with van der Waals surface area (Å²) in [6, 6.07) is 23.1. The molecular formula is C31H19BrCl3N3O4. The number of nitrogens with zero attached hydrogens (tertiary/aromatic N) is 3. The van der Waals surface area contributed by atoms with Gasteiger partial charge in [-0.25, -0.2) is 4.98 Å². The molecule has 210 valence electrons. The Morgan fingerprint density at radius 1 is 1.02 bits per heavy atom. The Balaban J connectivity index is 1.43. The molecule has 6 rings (SSSR count). The molecule has 0 saturated carbocycles. The van der Waals surface area contributed by atoms with Gasteiger partial charge in [0.15, 0.2) is 17.3 Å². The summed E-state index contributed by atoms with van der Waals surface area (Å²) in [6.45, 7) is 0.180. The van der Waals surface area contributed by atoms with Crippen molar-refractivity contribution in [3.8, 4) is 23.1 Å². The van der Waals surface area contributed by atoms with Gasteiger partial charge < -0.3 is 13.9 Å². The summed E-state index contributed by atoms with van der Waals surface area (Å²) in [5.74, 6) is 1.27. The second-order valence-corrected chi connectivity index (χ2v) is 11.1. The second kappa shape index (κ2) is 11.8. The quantitative estimate of drug-likeness (QED) is 0.157. The van der Waals surface area contributed by atoms with Crippen LogP contribution in [0.5, 0.6) is 11.5 Å². The van der Waals surface area contributed by atoms with Crippen LogP contribution in [0.2, 0.25) is 15.1 Å². The molecule has 0 fully saturated rings. The Hall–Kier alpha value is -3.82. The fourth-order valence-corrected chi connectivity index (χ4v) is 5.41. The van der Waals surface area contributed by atoms with E-state index in [4.69, 9.17) is 53.7 Å². The lowest BCUT2D eigenvalue weighted by atomic mass is 10.2. The maximum atomic E-state index is 13.6. The number of aromatic nitrogens is 2. The highest BCUT2D eigenvalue weighted by atomic mass is 79.9. The van der Waals surface area contributed by atoms with Gasteiger partial charge in [0, 0.05) is 31.0 Å². The van der Waals surface area contributed by atoms with Crippen molar-refractivity contribution in [2.75, 3.05) is 7.11 Å². The maximum Gasteiger partial charge on any atom is 0.282 e. The fraction of sp³-hybridized carbons (Fsp3) is 0.0645. The average molecular weight is 684 g/mol. The summed E-state index contributed by atoms with van der Waals surface area (Å²) in [5.41, 5.74) is 2.05. The van der Waals surface area contributed by atoms with Crippen molar-refractivity contribution in [2.45, 2.75) is 6.61 Å². The van der Waals surface area contributed by atoms with E-state index in [0.29, 0.717) is 53.8 Å². The van der Waals surface area contributed by atoms with Crippen molar-refractivity contribution in [3.05, 3.63) is 120 Å². The van der Waals surface area contributed by atoms with Gasteiger partial charge in [-0.3, -0.25) is 4.79 Å². The van der Waals surface area contributed by atoms with Crippen LogP contribution in [0.15, 0.2) is 97.6 Å². The fourth-order valence-electron chi connectivity index (χ4n) is 4.38. The van der Waals surface area contributed by atoms with Gasteiger partial charge >= 0.3 is 0 Å². The van der Waals surface area contributed by atoms with Crippen molar-refractivity contribution in [2.24, 2.45) is 5.10 Å². The zero-order chi connectivity index (χ0) is 29.4. The van der Waals surface area contributed by atoms with Crippen molar-refractivity contribution in [1.82, 2.24) is 9.66 Å². The molecule has 6 aromatic rings. The van der Waals surface area contributed by atoms with Gasteiger partial charge in [0.25, 0.3) is 5.56 Å². The standard InChI is InChI=1S/C31H19BrCl3N3O4/c1-40-25-14-19(27(32)28(35)29(25)41-16-17-6-2-4-8-22(17)34)15-36-38-30(37-23-9-5-3-7-21(23)31(38)39)26-13-18-12-20(33)10-11-24(18)42-26/h2-15H,16H2,1H3. The molecule has 42 heavy (non-hydrogen) atoms. The van der Waals surface area contributed by atoms with E-state index in [9.17, 15) is 4.79 Å². The van der Waals surface area contributed by atoms with Gasteiger partial charge in [-0.2, -0.15) is 9.78 Å². The molecule has 0 aliphatic heterocycles. The molecule has 2 aromatic heterocycles. The molecule has 7 nitrogen and oxygen atoms in total. The highest BCUT2D eigenvalue weighted by molar-refractivity contribution is 9.10. The molecular weight excluding hydrogens is 665 g/mol. The number of halogens is 4. The first-order chi connectivity index (χ1) is 20.3. The Bertz CT molecular complexity index is 2070. The molecule has 0 spiro atoms. The third-order valence-electron chi connectivity index (χ3n) is 6.47. The summed E-state index contributed by atoms with van der Waals surface area (Å²) in [4.78, 5) is 18.4. The molecule has 0 unspecified atom stereocenters. The molecule has 0 saturated heterocycles. The number of fused-ring (bicyclic) bond motifs is 2. The van der Waals surface area contributed by atoms with Gasteiger partial charge in [-0.15, -0.1) is 0 Å². The lowest BCUT2D eigenvalue weighted by molar-refractivity contribution is 0.284. The van der Waals surface area contributed by atoms with Crippen LogP contribution in [-0.4, -0.2) is 23.0 Å². The predicted molar refractivity (Wildman–Crippen MR) is 171 cm³/mol. The first kappa shape index (κ1) is 28.3.